The van der Waals surface area contributed by atoms with E-state index >= 15 is 0 Å². The summed E-state index contributed by atoms with van der Waals surface area (Å²) in [6.45, 7) is 23.9. The molecule has 0 saturated carbocycles. The lowest BCUT2D eigenvalue weighted by Gasteiger charge is -2.48. The van der Waals surface area contributed by atoms with Crippen LogP contribution < -0.4 is 0 Å². The molecule has 6 fully saturated rings. The molecule has 0 aliphatic carbocycles. The van der Waals surface area contributed by atoms with Gasteiger partial charge in [0, 0.05) is 0 Å². The summed E-state index contributed by atoms with van der Waals surface area (Å²) < 4.78 is 87.4. The minimum atomic E-state index is -0.856. The lowest BCUT2D eigenvalue weighted by Crippen LogP contribution is -2.64. The maximum Gasteiger partial charge on any atom is 0.187 e. The van der Waals surface area contributed by atoms with Gasteiger partial charge in [0.1, 0.15) is 61.0 Å². The van der Waals surface area contributed by atoms with Gasteiger partial charge in [-0.3, -0.25) is 0 Å². The molecule has 48 heavy (non-hydrogen) atoms. The molecular weight excluding hydrogens is 632 g/mol. The molecule has 6 aliphatic heterocycles. The molecule has 6 saturated heterocycles. The second kappa shape index (κ2) is 14.2. The van der Waals surface area contributed by atoms with Crippen LogP contribution in [0.15, 0.2) is 25.3 Å². The summed E-state index contributed by atoms with van der Waals surface area (Å²) >= 11 is 0. The van der Waals surface area contributed by atoms with Crippen LogP contribution in [0.2, 0.25) is 0 Å². The molecule has 14 nitrogen and oxygen atoms in total. The lowest BCUT2D eigenvalue weighted by atomic mass is 9.97. The zero-order chi connectivity index (χ0) is 34.5. The number of hydrogen-bond donors (Lipinski definition) is 0. The predicted molar refractivity (Wildman–Crippen MR) is 167 cm³/mol. The second-order valence-electron chi connectivity index (χ2n) is 14.8. The topological polar surface area (TPSA) is 129 Å². The number of ether oxygens (including phenoxy) is 14. The Morgan fingerprint density at radius 1 is 0.542 bits per heavy atom. The van der Waals surface area contributed by atoms with Crippen LogP contribution in [-0.2, 0) is 66.3 Å². The van der Waals surface area contributed by atoms with Crippen LogP contribution in [0.25, 0.3) is 0 Å². The summed E-state index contributed by atoms with van der Waals surface area (Å²) in [7, 11) is 0. The average Bonchev–Trinajstić information content (AvgIpc) is 3.52. The van der Waals surface area contributed by atoms with Gasteiger partial charge in [-0.2, -0.15) is 0 Å². The fourth-order valence-electron chi connectivity index (χ4n) is 7.04. The third-order valence-electron chi connectivity index (χ3n) is 9.01. The van der Waals surface area contributed by atoms with Gasteiger partial charge < -0.3 is 66.3 Å². The third-order valence-corrected chi connectivity index (χ3v) is 9.01. The molecule has 6 rings (SSSR count). The molecule has 14 heteroatoms. The first kappa shape index (κ1) is 36.7. The van der Waals surface area contributed by atoms with Crippen molar-refractivity contribution in [1.29, 1.82) is 0 Å². The van der Waals surface area contributed by atoms with Crippen molar-refractivity contribution < 1.29 is 66.3 Å². The molecule has 0 unspecified atom stereocenters. The van der Waals surface area contributed by atoms with Crippen molar-refractivity contribution >= 4 is 0 Å². The van der Waals surface area contributed by atoms with Gasteiger partial charge in [0.05, 0.1) is 39.6 Å². The largest absolute Gasteiger partial charge is 0.369 e. The minimum Gasteiger partial charge on any atom is -0.369 e. The minimum absolute atomic E-state index is 0.0763. The van der Waals surface area contributed by atoms with Gasteiger partial charge in [-0.05, 0) is 55.4 Å². The summed E-state index contributed by atoms with van der Waals surface area (Å²) in [5, 5.41) is 0. The third kappa shape index (κ3) is 8.18. The Balaban J connectivity index is 1.15. The highest BCUT2D eigenvalue weighted by Gasteiger charge is 2.60. The maximum absolute atomic E-state index is 6.42. The molecule has 0 radical (unpaired) electrons. The fraction of sp³-hybridized carbons (Fsp3) is 0.882. The Hall–Kier alpha value is -1.08. The van der Waals surface area contributed by atoms with Crippen molar-refractivity contribution in [2.45, 2.75) is 152 Å². The van der Waals surface area contributed by atoms with Crippen molar-refractivity contribution in [3.63, 3.8) is 0 Å². The van der Waals surface area contributed by atoms with Crippen LogP contribution in [0.3, 0.4) is 0 Å². The molecular formula is C34H54O14. The molecule has 0 aromatic heterocycles. The Morgan fingerprint density at radius 2 is 0.896 bits per heavy atom. The Bertz CT molecular complexity index is 1040. The molecule has 0 aromatic carbocycles. The number of hydrogen-bond acceptors (Lipinski definition) is 14. The summed E-state index contributed by atoms with van der Waals surface area (Å²) in [6.07, 6.45) is -3.02. The molecule has 274 valence electrons. The average molecular weight is 687 g/mol. The van der Waals surface area contributed by atoms with Crippen molar-refractivity contribution in [2.24, 2.45) is 0 Å². The summed E-state index contributed by atoms with van der Waals surface area (Å²) in [6, 6.07) is 0. The Labute approximate surface area is 283 Å². The predicted octanol–water partition coefficient (Wildman–Crippen LogP) is 2.96. The molecule has 0 aromatic rings. The van der Waals surface area contributed by atoms with Crippen LogP contribution in [0.1, 0.15) is 55.4 Å². The molecule has 0 bridgehead atoms. The van der Waals surface area contributed by atoms with E-state index in [9.17, 15) is 0 Å². The van der Waals surface area contributed by atoms with Crippen LogP contribution in [0.5, 0.6) is 0 Å². The Morgan fingerprint density at radius 3 is 1.27 bits per heavy atom. The normalized spacial score (nSPS) is 41.7. The van der Waals surface area contributed by atoms with Crippen LogP contribution in [0.4, 0.5) is 0 Å². The molecule has 12 atom stereocenters. The first-order valence-electron chi connectivity index (χ1n) is 16.9. The van der Waals surface area contributed by atoms with E-state index < -0.39 is 84.6 Å². The van der Waals surface area contributed by atoms with Crippen molar-refractivity contribution in [3.8, 4) is 0 Å². The Kier molecular flexibility index (Phi) is 10.8. The van der Waals surface area contributed by atoms with E-state index in [-0.39, 0.29) is 38.6 Å². The van der Waals surface area contributed by atoms with Gasteiger partial charge in [-0.25, -0.2) is 0 Å². The highest BCUT2D eigenvalue weighted by molar-refractivity contribution is 5.01. The van der Waals surface area contributed by atoms with Crippen molar-refractivity contribution in [2.75, 3.05) is 39.6 Å². The monoisotopic (exact) mass is 686 g/mol. The van der Waals surface area contributed by atoms with Gasteiger partial charge in [0.15, 0.2) is 35.7 Å². The van der Waals surface area contributed by atoms with Gasteiger partial charge in [0.25, 0.3) is 0 Å². The van der Waals surface area contributed by atoms with Crippen LogP contribution >= 0.6 is 0 Å². The number of fused-ring (bicyclic) bond motifs is 6. The summed E-state index contributed by atoms with van der Waals surface area (Å²) in [4.78, 5) is 0. The summed E-state index contributed by atoms with van der Waals surface area (Å²) in [5.74, 6) is -3.27. The quantitative estimate of drug-likeness (QED) is 0.263. The van der Waals surface area contributed by atoms with Gasteiger partial charge in [-0.15, -0.1) is 13.2 Å². The highest BCUT2D eigenvalue weighted by atomic mass is 16.8. The van der Waals surface area contributed by atoms with E-state index in [0.29, 0.717) is 13.2 Å². The first-order valence-corrected chi connectivity index (χ1v) is 16.9. The SMILES string of the molecule is C=CCO[C@@H](CO[C@H]1O[C@@H]2COC(C)(C)O[C@H]2[C@@H]2OC(C)(C)O[C@H]12)[C@H](CO[C@H]1O[C@@H]2COC(C)(C)O[C@H]2[C@@H]2OC(C)(C)O[C@H]12)OCC=C. The van der Waals surface area contributed by atoms with E-state index in [1.807, 2.05) is 55.4 Å². The van der Waals surface area contributed by atoms with E-state index in [4.69, 9.17) is 66.3 Å². The fourth-order valence-corrected chi connectivity index (χ4v) is 7.04. The summed E-state index contributed by atoms with van der Waals surface area (Å²) in [5.41, 5.74) is 0. The molecule has 6 heterocycles. The standard InChI is InChI=1S/C34H54O14/c1-11-13-35-19(15-37-29-27-25(45-33(7,8)47-27)23-21(41-29)17-39-31(3,4)43-23)20(36-14-12-2)16-38-30-28-26(46-34(9,10)48-28)24-22(42-30)18-40-32(5,6)44-24/h11-12,19-30H,1-2,13-18H2,3-10H3/t19-,20-,21+,22+,23+,24+,25-,26-,27-,28-,29-,30-/m0/s1. The highest BCUT2D eigenvalue weighted by Crippen LogP contribution is 2.44. The van der Waals surface area contributed by atoms with Gasteiger partial charge in [0.2, 0.25) is 0 Å². The number of rotatable bonds is 13. The second-order valence-corrected chi connectivity index (χ2v) is 14.8. The van der Waals surface area contributed by atoms with E-state index in [1.54, 1.807) is 12.2 Å². The molecule has 0 amide bonds. The molecule has 0 N–H and O–H groups in total. The van der Waals surface area contributed by atoms with Crippen LogP contribution in [0, 0.1) is 0 Å². The van der Waals surface area contributed by atoms with Crippen molar-refractivity contribution in [1.82, 2.24) is 0 Å². The maximum atomic E-state index is 6.42. The van der Waals surface area contributed by atoms with Crippen LogP contribution in [-0.4, -0.2) is 136 Å². The first-order chi connectivity index (χ1) is 22.6. The van der Waals surface area contributed by atoms with Crippen molar-refractivity contribution in [3.05, 3.63) is 25.3 Å². The smallest absolute Gasteiger partial charge is 0.187 e. The van der Waals surface area contributed by atoms with Gasteiger partial charge >= 0.3 is 0 Å². The zero-order valence-electron chi connectivity index (χ0n) is 29.5. The van der Waals surface area contributed by atoms with E-state index in [1.165, 1.54) is 0 Å². The zero-order valence-corrected chi connectivity index (χ0v) is 29.5. The van der Waals surface area contributed by atoms with Gasteiger partial charge in [-0.1, -0.05) is 12.2 Å². The molecule has 0 spiro atoms. The lowest BCUT2D eigenvalue weighted by molar-refractivity contribution is -0.374. The van der Waals surface area contributed by atoms with E-state index in [2.05, 4.69) is 13.2 Å². The van der Waals surface area contributed by atoms with E-state index in [0.717, 1.165) is 0 Å². The molecule has 6 aliphatic rings.